The summed E-state index contributed by atoms with van der Waals surface area (Å²) in [6.45, 7) is 5.06. The van der Waals surface area contributed by atoms with E-state index in [1.807, 2.05) is 0 Å². The van der Waals surface area contributed by atoms with E-state index in [9.17, 15) is 4.79 Å². The van der Waals surface area contributed by atoms with Crippen LogP contribution in [-0.2, 0) is 4.79 Å². The summed E-state index contributed by atoms with van der Waals surface area (Å²) in [6, 6.07) is 4.93. The Balaban J connectivity index is 2.94. The monoisotopic (exact) mass is 226 g/mol. The predicted molar refractivity (Wildman–Crippen MR) is 59.3 cm³/mol. The number of benzene rings is 1. The molecule has 1 aromatic rings. The Hall–Kier alpha value is -1.48. The van der Waals surface area contributed by atoms with Crippen LogP contribution < -0.4 is 4.74 Å². The lowest BCUT2D eigenvalue weighted by Gasteiger charge is -2.12. The van der Waals surface area contributed by atoms with E-state index in [0.29, 0.717) is 16.3 Å². The fourth-order valence-corrected chi connectivity index (χ4v) is 1.21. The third-order valence-corrected chi connectivity index (χ3v) is 2.08. The molecule has 0 fully saturated rings. The first-order valence-corrected chi connectivity index (χ1v) is 4.74. The zero-order chi connectivity index (χ0) is 11.4. The molecule has 1 rings (SSSR count). The van der Waals surface area contributed by atoms with Gasteiger partial charge in [-0.2, -0.15) is 0 Å². The van der Waals surface area contributed by atoms with Crippen LogP contribution in [0.5, 0.6) is 5.75 Å². The zero-order valence-corrected chi connectivity index (χ0v) is 8.99. The minimum Gasteiger partial charge on any atom is -0.479 e. The van der Waals surface area contributed by atoms with Gasteiger partial charge >= 0.3 is 5.97 Å². The highest BCUT2D eigenvalue weighted by Gasteiger charge is 2.13. The van der Waals surface area contributed by atoms with Gasteiger partial charge in [0.05, 0.1) is 0 Å². The normalized spacial score (nSPS) is 11.9. The van der Waals surface area contributed by atoms with Crippen LogP contribution in [0.1, 0.15) is 12.5 Å². The van der Waals surface area contributed by atoms with E-state index in [2.05, 4.69) is 6.58 Å². The Morgan fingerprint density at radius 1 is 1.67 bits per heavy atom. The minimum atomic E-state index is -1.01. The highest BCUT2D eigenvalue weighted by molar-refractivity contribution is 6.30. The fourth-order valence-electron chi connectivity index (χ4n) is 1.03. The highest BCUT2D eigenvalue weighted by atomic mass is 35.5. The lowest BCUT2D eigenvalue weighted by molar-refractivity contribution is -0.144. The van der Waals surface area contributed by atoms with Crippen molar-refractivity contribution in [1.82, 2.24) is 0 Å². The molecule has 0 heterocycles. The molecule has 0 bridgehead atoms. The molecule has 0 aliphatic carbocycles. The summed E-state index contributed by atoms with van der Waals surface area (Å²) in [5.74, 6) is -0.552. The summed E-state index contributed by atoms with van der Waals surface area (Å²) < 4.78 is 5.22. The van der Waals surface area contributed by atoms with Crippen LogP contribution in [0.2, 0.25) is 5.02 Å². The van der Waals surface area contributed by atoms with Crippen LogP contribution in [0, 0.1) is 0 Å². The van der Waals surface area contributed by atoms with Gasteiger partial charge in [-0.1, -0.05) is 24.3 Å². The highest BCUT2D eigenvalue weighted by Crippen LogP contribution is 2.24. The number of halogens is 1. The maximum absolute atomic E-state index is 10.6. The van der Waals surface area contributed by atoms with Gasteiger partial charge in [-0.3, -0.25) is 0 Å². The molecule has 1 aromatic carbocycles. The average Bonchev–Trinajstić information content (AvgIpc) is 2.20. The second kappa shape index (κ2) is 4.84. The molecule has 80 valence electrons. The molecule has 0 saturated carbocycles. The van der Waals surface area contributed by atoms with Crippen molar-refractivity contribution in [2.45, 2.75) is 13.0 Å². The van der Waals surface area contributed by atoms with E-state index < -0.39 is 12.1 Å². The topological polar surface area (TPSA) is 46.5 Å². The third kappa shape index (κ3) is 2.99. The number of hydrogen-bond donors (Lipinski definition) is 1. The number of hydrogen-bond acceptors (Lipinski definition) is 2. The molecular formula is C11H11ClO3. The average molecular weight is 227 g/mol. The summed E-state index contributed by atoms with van der Waals surface area (Å²) in [7, 11) is 0. The van der Waals surface area contributed by atoms with Crippen molar-refractivity contribution in [1.29, 1.82) is 0 Å². The van der Waals surface area contributed by atoms with Gasteiger partial charge in [-0.05, 0) is 25.1 Å². The largest absolute Gasteiger partial charge is 0.479 e. The van der Waals surface area contributed by atoms with E-state index >= 15 is 0 Å². The second-order valence-electron chi connectivity index (χ2n) is 2.98. The Labute approximate surface area is 92.9 Å². The number of carboxylic acid groups (broad SMARTS) is 1. The van der Waals surface area contributed by atoms with Gasteiger partial charge in [-0.25, -0.2) is 4.79 Å². The number of aliphatic carboxylic acids is 1. The summed E-state index contributed by atoms with van der Waals surface area (Å²) in [5.41, 5.74) is 0.676. The van der Waals surface area contributed by atoms with E-state index in [4.69, 9.17) is 21.4 Å². The molecule has 1 atom stereocenters. The Kier molecular flexibility index (Phi) is 3.74. The molecule has 0 unspecified atom stereocenters. The zero-order valence-electron chi connectivity index (χ0n) is 8.24. The number of ether oxygens (including phenoxy) is 1. The molecule has 0 saturated heterocycles. The molecule has 4 heteroatoms. The minimum absolute atomic E-state index is 0.462. The summed E-state index contributed by atoms with van der Waals surface area (Å²) >= 11 is 5.78. The number of carboxylic acids is 1. The van der Waals surface area contributed by atoms with Gasteiger partial charge in [0, 0.05) is 10.6 Å². The standard InChI is InChI=1S/C11H11ClO3/c1-3-8-6-9(12)4-5-10(8)15-7(2)11(13)14/h3-7H,1H2,2H3,(H,13,14)/t7-/m0/s1. The molecule has 15 heavy (non-hydrogen) atoms. The lowest BCUT2D eigenvalue weighted by Crippen LogP contribution is -2.23. The molecule has 0 radical (unpaired) electrons. The lowest BCUT2D eigenvalue weighted by atomic mass is 10.2. The van der Waals surface area contributed by atoms with Crippen molar-refractivity contribution in [2.24, 2.45) is 0 Å². The number of rotatable bonds is 4. The maximum Gasteiger partial charge on any atom is 0.344 e. The molecule has 1 N–H and O–H groups in total. The molecule has 0 aliphatic heterocycles. The Bertz CT molecular complexity index is 387. The van der Waals surface area contributed by atoms with Gasteiger partial charge in [-0.15, -0.1) is 0 Å². The van der Waals surface area contributed by atoms with Crippen molar-refractivity contribution in [2.75, 3.05) is 0 Å². The Morgan fingerprint density at radius 2 is 2.33 bits per heavy atom. The van der Waals surface area contributed by atoms with Gasteiger partial charge in [0.15, 0.2) is 6.10 Å². The maximum atomic E-state index is 10.6. The van der Waals surface area contributed by atoms with Crippen molar-refractivity contribution < 1.29 is 14.6 Å². The van der Waals surface area contributed by atoms with Gasteiger partial charge in [0.25, 0.3) is 0 Å². The predicted octanol–water partition coefficient (Wildman–Crippen LogP) is 2.83. The molecular weight excluding hydrogens is 216 g/mol. The van der Waals surface area contributed by atoms with Crippen LogP contribution >= 0.6 is 11.6 Å². The van der Waals surface area contributed by atoms with Crippen LogP contribution in [0.15, 0.2) is 24.8 Å². The SMILES string of the molecule is C=Cc1cc(Cl)ccc1O[C@@H](C)C(=O)O. The van der Waals surface area contributed by atoms with Crippen LogP contribution in [-0.4, -0.2) is 17.2 Å². The van der Waals surface area contributed by atoms with Gasteiger partial charge < -0.3 is 9.84 Å². The third-order valence-electron chi connectivity index (χ3n) is 1.84. The molecule has 0 amide bonds. The van der Waals surface area contributed by atoms with Gasteiger partial charge in [0.1, 0.15) is 5.75 Å². The van der Waals surface area contributed by atoms with E-state index in [0.717, 1.165) is 0 Å². The quantitative estimate of drug-likeness (QED) is 0.859. The number of carbonyl (C=O) groups is 1. The van der Waals surface area contributed by atoms with Crippen molar-refractivity contribution in [3.63, 3.8) is 0 Å². The first-order valence-electron chi connectivity index (χ1n) is 4.36. The molecule has 0 spiro atoms. The van der Waals surface area contributed by atoms with Crippen LogP contribution in [0.3, 0.4) is 0 Å². The second-order valence-corrected chi connectivity index (χ2v) is 3.42. The first-order chi connectivity index (χ1) is 7.04. The first kappa shape index (κ1) is 11.6. The van der Waals surface area contributed by atoms with Crippen molar-refractivity contribution >= 4 is 23.6 Å². The van der Waals surface area contributed by atoms with E-state index in [1.54, 1.807) is 24.3 Å². The molecule has 0 aromatic heterocycles. The fraction of sp³-hybridized carbons (Fsp3) is 0.182. The molecule has 0 aliphatic rings. The van der Waals surface area contributed by atoms with E-state index in [1.165, 1.54) is 6.92 Å². The van der Waals surface area contributed by atoms with Crippen LogP contribution in [0.4, 0.5) is 0 Å². The summed E-state index contributed by atoms with van der Waals surface area (Å²) in [4.78, 5) is 10.6. The summed E-state index contributed by atoms with van der Waals surface area (Å²) in [5, 5.41) is 9.24. The van der Waals surface area contributed by atoms with Gasteiger partial charge in [0.2, 0.25) is 0 Å². The smallest absolute Gasteiger partial charge is 0.344 e. The summed E-state index contributed by atoms with van der Waals surface area (Å²) in [6.07, 6.45) is 0.667. The molecule has 3 nitrogen and oxygen atoms in total. The van der Waals surface area contributed by atoms with Crippen LogP contribution in [0.25, 0.3) is 6.08 Å². The van der Waals surface area contributed by atoms with Crippen molar-refractivity contribution in [3.05, 3.63) is 35.4 Å². The van der Waals surface area contributed by atoms with E-state index in [-0.39, 0.29) is 0 Å². The van der Waals surface area contributed by atoms with Crippen molar-refractivity contribution in [3.8, 4) is 5.75 Å². The Morgan fingerprint density at radius 3 is 2.87 bits per heavy atom.